The summed E-state index contributed by atoms with van der Waals surface area (Å²) in [5.74, 6) is -0.507. The number of rotatable bonds is 6. The number of sulfonamides is 1. The standard InChI is InChI=1S/C15H20N4O3S/c1-11-5-4-6-12(9-11)14-13(10-17-18-14)15(20)16-7-8-23(21,22)19(2)3/h4-6,9-10H,7-8H2,1-3H3,(H,16,20)(H,17,18). The molecule has 7 nitrogen and oxygen atoms in total. The predicted octanol–water partition coefficient (Wildman–Crippen LogP) is 1.01. The van der Waals surface area contributed by atoms with Gasteiger partial charge in [0.1, 0.15) is 0 Å². The molecule has 1 aromatic carbocycles. The van der Waals surface area contributed by atoms with E-state index in [2.05, 4.69) is 15.5 Å². The Morgan fingerprint density at radius 3 is 2.74 bits per heavy atom. The van der Waals surface area contributed by atoms with Crippen molar-refractivity contribution in [3.05, 3.63) is 41.6 Å². The second-order valence-corrected chi connectivity index (χ2v) is 7.68. The van der Waals surface area contributed by atoms with Gasteiger partial charge in [-0.05, 0) is 13.0 Å². The smallest absolute Gasteiger partial charge is 0.255 e. The summed E-state index contributed by atoms with van der Waals surface area (Å²) in [6, 6.07) is 7.69. The van der Waals surface area contributed by atoms with Crippen molar-refractivity contribution in [2.75, 3.05) is 26.4 Å². The van der Waals surface area contributed by atoms with Crippen molar-refractivity contribution < 1.29 is 13.2 Å². The maximum atomic E-state index is 12.3. The highest BCUT2D eigenvalue weighted by atomic mass is 32.2. The Bertz CT molecular complexity index is 797. The second-order valence-electron chi connectivity index (χ2n) is 5.38. The van der Waals surface area contributed by atoms with Crippen molar-refractivity contribution in [2.45, 2.75) is 6.92 Å². The number of aromatic nitrogens is 2. The van der Waals surface area contributed by atoms with Gasteiger partial charge in [-0.25, -0.2) is 12.7 Å². The highest BCUT2D eigenvalue weighted by Crippen LogP contribution is 2.21. The van der Waals surface area contributed by atoms with Crippen LogP contribution in [0.3, 0.4) is 0 Å². The zero-order chi connectivity index (χ0) is 17.0. The lowest BCUT2D eigenvalue weighted by Gasteiger charge is -2.11. The number of carbonyl (C=O) groups excluding carboxylic acids is 1. The lowest BCUT2D eigenvalue weighted by molar-refractivity contribution is 0.0957. The van der Waals surface area contributed by atoms with Gasteiger partial charge < -0.3 is 5.32 Å². The van der Waals surface area contributed by atoms with Gasteiger partial charge in [0.25, 0.3) is 5.91 Å². The fraction of sp³-hybridized carbons (Fsp3) is 0.333. The van der Waals surface area contributed by atoms with Gasteiger partial charge in [0.2, 0.25) is 10.0 Å². The lowest BCUT2D eigenvalue weighted by atomic mass is 10.1. The Morgan fingerprint density at radius 1 is 1.35 bits per heavy atom. The van der Waals surface area contributed by atoms with Gasteiger partial charge in [0.05, 0.1) is 23.2 Å². The van der Waals surface area contributed by atoms with Crippen LogP contribution < -0.4 is 5.32 Å². The van der Waals surface area contributed by atoms with Crippen LogP contribution in [0.1, 0.15) is 15.9 Å². The maximum Gasteiger partial charge on any atom is 0.255 e. The molecule has 2 rings (SSSR count). The molecule has 0 aliphatic heterocycles. The van der Waals surface area contributed by atoms with Gasteiger partial charge in [-0.3, -0.25) is 9.89 Å². The molecule has 0 atom stereocenters. The summed E-state index contributed by atoms with van der Waals surface area (Å²) in [6.45, 7) is 2.00. The van der Waals surface area contributed by atoms with Gasteiger partial charge in [-0.15, -0.1) is 0 Å². The molecule has 8 heteroatoms. The molecule has 0 fully saturated rings. The number of nitrogens with one attached hydrogen (secondary N) is 2. The number of carbonyl (C=O) groups is 1. The topological polar surface area (TPSA) is 95.2 Å². The van der Waals surface area contributed by atoms with Crippen molar-refractivity contribution in [3.63, 3.8) is 0 Å². The number of aromatic amines is 1. The summed E-state index contributed by atoms with van der Waals surface area (Å²) in [7, 11) is -0.413. The van der Waals surface area contributed by atoms with Crippen molar-refractivity contribution in [1.82, 2.24) is 19.8 Å². The summed E-state index contributed by atoms with van der Waals surface area (Å²) in [5.41, 5.74) is 2.92. The monoisotopic (exact) mass is 336 g/mol. The molecule has 0 spiro atoms. The van der Waals surface area contributed by atoms with Crippen LogP contribution >= 0.6 is 0 Å². The van der Waals surface area contributed by atoms with Crippen LogP contribution in [0.25, 0.3) is 11.3 Å². The molecule has 1 aromatic heterocycles. The Hall–Kier alpha value is -2.19. The third kappa shape index (κ3) is 4.17. The molecule has 23 heavy (non-hydrogen) atoms. The number of aryl methyl sites for hydroxylation is 1. The van der Waals surface area contributed by atoms with Crippen molar-refractivity contribution in [3.8, 4) is 11.3 Å². The molecule has 0 unspecified atom stereocenters. The molecule has 1 amide bonds. The van der Waals surface area contributed by atoms with Crippen molar-refractivity contribution >= 4 is 15.9 Å². The second kappa shape index (κ2) is 6.93. The molecule has 0 saturated heterocycles. The lowest BCUT2D eigenvalue weighted by Crippen LogP contribution is -2.33. The molecule has 0 radical (unpaired) electrons. The van der Waals surface area contributed by atoms with Crippen LogP contribution in [0.15, 0.2) is 30.5 Å². The van der Waals surface area contributed by atoms with E-state index < -0.39 is 10.0 Å². The number of amides is 1. The minimum atomic E-state index is -3.34. The van der Waals surface area contributed by atoms with E-state index >= 15 is 0 Å². The zero-order valence-electron chi connectivity index (χ0n) is 13.3. The van der Waals surface area contributed by atoms with Crippen LogP contribution in [-0.4, -0.2) is 55.2 Å². The zero-order valence-corrected chi connectivity index (χ0v) is 14.1. The van der Waals surface area contributed by atoms with E-state index in [9.17, 15) is 13.2 Å². The largest absolute Gasteiger partial charge is 0.351 e. The highest BCUT2D eigenvalue weighted by Gasteiger charge is 2.17. The van der Waals surface area contributed by atoms with Crippen LogP contribution in [0, 0.1) is 6.92 Å². The molecule has 2 aromatic rings. The molecule has 0 bridgehead atoms. The molecule has 0 aliphatic rings. The Kier molecular flexibility index (Phi) is 5.17. The van der Waals surface area contributed by atoms with Gasteiger partial charge in [-0.1, -0.05) is 23.8 Å². The van der Waals surface area contributed by atoms with Gasteiger partial charge in [0.15, 0.2) is 0 Å². The number of hydrogen-bond acceptors (Lipinski definition) is 4. The Labute approximate surface area is 135 Å². The van der Waals surface area contributed by atoms with E-state index in [1.54, 1.807) is 0 Å². The molecule has 1 heterocycles. The summed E-state index contributed by atoms with van der Waals surface area (Å²) in [4.78, 5) is 12.3. The first-order chi connectivity index (χ1) is 10.8. The summed E-state index contributed by atoms with van der Waals surface area (Å²) in [6.07, 6.45) is 1.44. The van der Waals surface area contributed by atoms with E-state index in [-0.39, 0.29) is 18.2 Å². The minimum Gasteiger partial charge on any atom is -0.351 e. The summed E-state index contributed by atoms with van der Waals surface area (Å²) >= 11 is 0. The Morgan fingerprint density at radius 2 is 2.09 bits per heavy atom. The average molecular weight is 336 g/mol. The van der Waals surface area contributed by atoms with Gasteiger partial charge in [-0.2, -0.15) is 5.10 Å². The fourth-order valence-electron chi connectivity index (χ4n) is 2.05. The van der Waals surface area contributed by atoms with Crippen LogP contribution in [-0.2, 0) is 10.0 Å². The van der Waals surface area contributed by atoms with E-state index in [4.69, 9.17) is 0 Å². The molecular formula is C15H20N4O3S. The van der Waals surface area contributed by atoms with Gasteiger partial charge in [0, 0.05) is 26.2 Å². The molecule has 0 aliphatic carbocycles. The van der Waals surface area contributed by atoms with E-state index in [1.807, 2.05) is 31.2 Å². The normalized spacial score (nSPS) is 11.7. The number of benzene rings is 1. The fourth-order valence-corrected chi connectivity index (χ4v) is 2.78. The van der Waals surface area contributed by atoms with Crippen molar-refractivity contribution in [1.29, 1.82) is 0 Å². The highest BCUT2D eigenvalue weighted by molar-refractivity contribution is 7.89. The first-order valence-corrected chi connectivity index (χ1v) is 8.71. The third-order valence-electron chi connectivity index (χ3n) is 3.39. The third-order valence-corrected chi connectivity index (χ3v) is 5.23. The number of nitrogens with zero attached hydrogens (tertiary/aromatic N) is 2. The quantitative estimate of drug-likeness (QED) is 0.823. The van der Waals surface area contributed by atoms with Crippen molar-refractivity contribution in [2.24, 2.45) is 0 Å². The molecular weight excluding hydrogens is 316 g/mol. The summed E-state index contributed by atoms with van der Waals surface area (Å²) < 4.78 is 24.5. The minimum absolute atomic E-state index is 0.0395. The van der Waals surface area contributed by atoms with Crippen LogP contribution in [0.4, 0.5) is 0 Å². The first kappa shape index (κ1) is 17.2. The molecule has 124 valence electrons. The van der Waals surface area contributed by atoms with Crippen LogP contribution in [0.5, 0.6) is 0 Å². The van der Waals surface area contributed by atoms with E-state index in [0.717, 1.165) is 15.4 Å². The number of hydrogen-bond donors (Lipinski definition) is 2. The van der Waals surface area contributed by atoms with Gasteiger partial charge >= 0.3 is 0 Å². The predicted molar refractivity (Wildman–Crippen MR) is 88.6 cm³/mol. The SMILES string of the molecule is Cc1cccc(-c2[nH]ncc2C(=O)NCCS(=O)(=O)N(C)C)c1. The summed E-state index contributed by atoms with van der Waals surface area (Å²) in [5, 5.41) is 9.36. The maximum absolute atomic E-state index is 12.3. The van der Waals surface area contributed by atoms with E-state index in [1.165, 1.54) is 20.3 Å². The Balaban J connectivity index is 2.09. The average Bonchev–Trinajstić information content (AvgIpc) is 2.96. The van der Waals surface area contributed by atoms with E-state index in [0.29, 0.717) is 11.3 Å². The molecule has 0 saturated carbocycles. The molecule has 2 N–H and O–H groups in total. The number of H-pyrrole nitrogens is 1. The first-order valence-electron chi connectivity index (χ1n) is 7.10. The van der Waals surface area contributed by atoms with Crippen LogP contribution in [0.2, 0.25) is 0 Å².